The maximum absolute atomic E-state index is 14.9. The summed E-state index contributed by atoms with van der Waals surface area (Å²) >= 11 is 0. The van der Waals surface area contributed by atoms with E-state index in [4.69, 9.17) is 18.9 Å². The van der Waals surface area contributed by atoms with Gasteiger partial charge in [0, 0.05) is 49.2 Å². The van der Waals surface area contributed by atoms with Crippen LogP contribution in [-0.4, -0.2) is 87.7 Å². The van der Waals surface area contributed by atoms with E-state index in [-0.39, 0.29) is 25.3 Å². The van der Waals surface area contributed by atoms with Crippen LogP contribution in [0.4, 0.5) is 20.2 Å². The minimum atomic E-state index is -1.53. The largest absolute Gasteiger partial charge is 0.491 e. The Morgan fingerprint density at radius 1 is 0.942 bits per heavy atom. The van der Waals surface area contributed by atoms with E-state index in [1.54, 1.807) is 6.92 Å². The smallest absolute Gasteiger partial charge is 0.351 e. The molecule has 0 radical (unpaired) electrons. The minimum absolute atomic E-state index is 0.0202. The van der Waals surface area contributed by atoms with Gasteiger partial charge in [0.25, 0.3) is 0 Å². The molecule has 3 aromatic carbocycles. The Morgan fingerprint density at radius 2 is 1.62 bits per heavy atom. The highest BCUT2D eigenvalue weighted by Gasteiger charge is 2.46. The molecule has 2 aliphatic rings. The number of esters is 1. The number of methoxy groups -OCH3 is 1. The molecule has 2 fully saturated rings. The third-order valence-electron chi connectivity index (χ3n) is 9.30. The molecule has 3 atom stereocenters. The van der Waals surface area contributed by atoms with Crippen molar-refractivity contribution >= 4 is 17.3 Å². The van der Waals surface area contributed by atoms with Crippen LogP contribution in [-0.2, 0) is 31.3 Å². The standard InChI is InChI=1S/C36H38F2N8O6/c1-3-33(34(47)49-2)46-35(48)45(24-41-46)28-7-5-26(6-8-28)42-14-16-43(17-15-42)27-9-11-29(12-10-27)50-19-30-20-51-36(52-30,21-44-23-39-22-40-44)31-13-4-25(37)18-32(31)38/h4-13,18,22-24,30,33H,3,14-17,19-21H2,1-2H3/t30-,33?,36-/m1/s1. The minimum Gasteiger partial charge on any atom is -0.491 e. The molecule has 5 aromatic rings. The second kappa shape index (κ2) is 14.9. The predicted molar refractivity (Wildman–Crippen MR) is 184 cm³/mol. The highest BCUT2D eigenvalue weighted by Crippen LogP contribution is 2.38. The fraction of sp³-hybridized carbons (Fsp3) is 0.361. The van der Waals surface area contributed by atoms with Gasteiger partial charge in [-0.25, -0.2) is 32.6 Å². The summed E-state index contributed by atoms with van der Waals surface area (Å²) in [4.78, 5) is 33.6. The van der Waals surface area contributed by atoms with Crippen molar-refractivity contribution in [2.75, 3.05) is 56.3 Å². The van der Waals surface area contributed by atoms with Gasteiger partial charge in [0.1, 0.15) is 55.6 Å². The molecule has 16 heteroatoms. The molecule has 0 amide bonds. The number of ether oxygens (including phenoxy) is 4. The number of carbonyl (C=O) groups is 1. The lowest BCUT2D eigenvalue weighted by atomic mass is 10.0. The summed E-state index contributed by atoms with van der Waals surface area (Å²) in [5.74, 6) is -2.86. The molecule has 14 nitrogen and oxygen atoms in total. The molecule has 0 spiro atoms. The average Bonchev–Trinajstić information content (AvgIpc) is 3.93. The lowest BCUT2D eigenvalue weighted by Gasteiger charge is -2.37. The molecule has 2 aromatic heterocycles. The maximum Gasteiger partial charge on any atom is 0.351 e. The van der Waals surface area contributed by atoms with Crippen LogP contribution >= 0.6 is 0 Å². The van der Waals surface area contributed by atoms with E-state index >= 15 is 0 Å². The van der Waals surface area contributed by atoms with Crippen molar-refractivity contribution < 1.29 is 32.5 Å². The summed E-state index contributed by atoms with van der Waals surface area (Å²) in [5, 5.41) is 8.25. The van der Waals surface area contributed by atoms with Crippen LogP contribution in [0.3, 0.4) is 0 Å². The van der Waals surface area contributed by atoms with E-state index in [1.165, 1.54) is 41.4 Å². The Balaban J connectivity index is 0.923. The molecule has 0 saturated carbocycles. The van der Waals surface area contributed by atoms with Crippen LogP contribution in [0, 0.1) is 11.6 Å². The number of aromatic nitrogens is 6. The molecule has 0 bridgehead atoms. The van der Waals surface area contributed by atoms with E-state index in [1.807, 2.05) is 48.5 Å². The van der Waals surface area contributed by atoms with Gasteiger partial charge in [0.15, 0.2) is 6.04 Å². The Labute approximate surface area is 297 Å². The SMILES string of the molecule is CCC(C(=O)OC)n1ncn(-c2ccc(N3CCN(c4ccc(OC[C@@H]5CO[C@@](Cn6cncn6)(c6ccc(F)cc6F)O5)cc4)CC3)cc2)c1=O. The topological polar surface area (TPSA) is 131 Å². The summed E-state index contributed by atoms with van der Waals surface area (Å²) in [6.45, 7) is 5.33. The molecule has 7 rings (SSSR count). The Morgan fingerprint density at radius 3 is 2.23 bits per heavy atom. The monoisotopic (exact) mass is 716 g/mol. The lowest BCUT2D eigenvalue weighted by Crippen LogP contribution is -2.46. The van der Waals surface area contributed by atoms with Crippen molar-refractivity contribution in [1.29, 1.82) is 0 Å². The molecule has 2 aliphatic heterocycles. The number of benzene rings is 3. The number of piperazine rings is 1. The highest BCUT2D eigenvalue weighted by molar-refractivity contribution is 5.73. The molecule has 52 heavy (non-hydrogen) atoms. The van der Waals surface area contributed by atoms with Gasteiger partial charge in [-0.15, -0.1) is 0 Å². The first kappa shape index (κ1) is 34.8. The number of hydrogen-bond acceptors (Lipinski definition) is 11. The molecular formula is C36H38F2N8O6. The van der Waals surface area contributed by atoms with Gasteiger partial charge in [-0.1, -0.05) is 6.92 Å². The fourth-order valence-electron chi connectivity index (χ4n) is 6.55. The molecule has 1 unspecified atom stereocenters. The quantitative estimate of drug-likeness (QED) is 0.175. The second-order valence-electron chi connectivity index (χ2n) is 12.5. The van der Waals surface area contributed by atoms with E-state index in [0.29, 0.717) is 17.9 Å². The molecular weight excluding hydrogens is 678 g/mol. The van der Waals surface area contributed by atoms with E-state index in [2.05, 4.69) is 25.0 Å². The van der Waals surface area contributed by atoms with Gasteiger partial charge in [-0.3, -0.25) is 0 Å². The van der Waals surface area contributed by atoms with Crippen LogP contribution in [0.2, 0.25) is 0 Å². The van der Waals surface area contributed by atoms with Crippen molar-refractivity contribution in [1.82, 2.24) is 29.1 Å². The fourth-order valence-corrected chi connectivity index (χ4v) is 6.55. The first-order valence-corrected chi connectivity index (χ1v) is 16.9. The third kappa shape index (κ3) is 7.11. The van der Waals surface area contributed by atoms with Gasteiger partial charge < -0.3 is 28.7 Å². The summed E-state index contributed by atoms with van der Waals surface area (Å²) in [6, 6.07) is 18.0. The van der Waals surface area contributed by atoms with Gasteiger partial charge >= 0.3 is 11.7 Å². The Hall–Kier alpha value is -5.61. The van der Waals surface area contributed by atoms with Crippen molar-refractivity contribution in [3.63, 3.8) is 0 Å². The highest BCUT2D eigenvalue weighted by atomic mass is 19.1. The Bertz CT molecular complexity index is 2030. The molecule has 2 saturated heterocycles. The van der Waals surface area contributed by atoms with Crippen molar-refractivity contribution in [2.24, 2.45) is 0 Å². The van der Waals surface area contributed by atoms with Crippen molar-refractivity contribution in [3.8, 4) is 11.4 Å². The number of nitrogens with zero attached hydrogens (tertiary/aromatic N) is 8. The number of carbonyl (C=O) groups excluding carboxylic acids is 1. The zero-order chi connectivity index (χ0) is 36.2. The predicted octanol–water partition coefficient (Wildman–Crippen LogP) is 3.70. The molecule has 0 N–H and O–H groups in total. The second-order valence-corrected chi connectivity index (χ2v) is 12.5. The van der Waals surface area contributed by atoms with Gasteiger partial charge in [-0.2, -0.15) is 14.9 Å². The van der Waals surface area contributed by atoms with Crippen LogP contribution < -0.4 is 20.2 Å². The van der Waals surface area contributed by atoms with Crippen molar-refractivity contribution in [2.45, 2.75) is 37.8 Å². The van der Waals surface area contributed by atoms with Crippen molar-refractivity contribution in [3.05, 3.63) is 113 Å². The van der Waals surface area contributed by atoms with Crippen LogP contribution in [0.15, 0.2) is 90.5 Å². The van der Waals surface area contributed by atoms with Gasteiger partial charge in [0.05, 0.1) is 19.4 Å². The zero-order valence-corrected chi connectivity index (χ0v) is 28.7. The molecule has 0 aliphatic carbocycles. The zero-order valence-electron chi connectivity index (χ0n) is 28.7. The van der Waals surface area contributed by atoms with Gasteiger partial charge in [-0.05, 0) is 67.1 Å². The maximum atomic E-state index is 14.9. The van der Waals surface area contributed by atoms with E-state index < -0.39 is 41.2 Å². The van der Waals surface area contributed by atoms with Crippen LogP contribution in [0.5, 0.6) is 5.75 Å². The summed E-state index contributed by atoms with van der Waals surface area (Å²) in [6.07, 6.45) is 4.11. The number of anilines is 2. The first-order valence-electron chi connectivity index (χ1n) is 16.9. The number of hydrogen-bond donors (Lipinski definition) is 0. The summed E-state index contributed by atoms with van der Waals surface area (Å²) in [7, 11) is 1.29. The van der Waals surface area contributed by atoms with Crippen LogP contribution in [0.1, 0.15) is 24.9 Å². The average molecular weight is 717 g/mol. The molecule has 4 heterocycles. The Kier molecular flexibility index (Phi) is 10.0. The summed E-state index contributed by atoms with van der Waals surface area (Å²) < 4.78 is 55.7. The van der Waals surface area contributed by atoms with E-state index in [0.717, 1.165) is 54.4 Å². The van der Waals surface area contributed by atoms with Crippen LogP contribution in [0.25, 0.3) is 5.69 Å². The van der Waals surface area contributed by atoms with E-state index in [9.17, 15) is 18.4 Å². The molecule has 272 valence electrons. The van der Waals surface area contributed by atoms with Gasteiger partial charge in [0.2, 0.25) is 5.79 Å². The normalized spacial score (nSPS) is 19.5. The number of rotatable bonds is 12. The number of halogens is 2. The first-order chi connectivity index (χ1) is 25.3. The summed E-state index contributed by atoms with van der Waals surface area (Å²) in [5.41, 5.74) is 2.42. The lowest BCUT2D eigenvalue weighted by molar-refractivity contribution is -0.192. The third-order valence-corrected chi connectivity index (χ3v) is 9.30.